The van der Waals surface area contributed by atoms with Gasteiger partial charge in [0.1, 0.15) is 23.6 Å². The predicted octanol–water partition coefficient (Wildman–Crippen LogP) is 5.26. The minimum Gasteiger partial charge on any atom is -0.455 e. The van der Waals surface area contributed by atoms with Gasteiger partial charge in [-0.2, -0.15) is 13.2 Å². The van der Waals surface area contributed by atoms with Crippen LogP contribution in [0.4, 0.5) is 26.3 Å². The molecular weight excluding hydrogens is 350 g/mol. The van der Waals surface area contributed by atoms with Crippen molar-refractivity contribution in [3.05, 3.63) is 40.7 Å². The molecule has 1 aliphatic carbocycles. The molecule has 2 rings (SSSR count). The van der Waals surface area contributed by atoms with E-state index < -0.39 is 47.7 Å². The fraction of sp³-hybridized carbons (Fsp3) is 0.471. The first-order chi connectivity index (χ1) is 11.6. The van der Waals surface area contributed by atoms with Crippen LogP contribution in [0.1, 0.15) is 43.7 Å². The Morgan fingerprint density at radius 2 is 1.80 bits per heavy atom. The fourth-order valence-corrected chi connectivity index (χ4v) is 2.79. The number of benzene rings is 1. The van der Waals surface area contributed by atoms with Gasteiger partial charge in [0.05, 0.1) is 5.56 Å². The molecular formula is C17H16F6O2. The van der Waals surface area contributed by atoms with E-state index in [1.807, 2.05) is 6.92 Å². The molecule has 138 valence electrons. The van der Waals surface area contributed by atoms with Gasteiger partial charge in [0, 0.05) is 6.42 Å². The molecule has 1 atom stereocenters. The summed E-state index contributed by atoms with van der Waals surface area (Å²) >= 11 is 0. The van der Waals surface area contributed by atoms with Crippen molar-refractivity contribution < 1.29 is 35.9 Å². The first-order valence-electron chi connectivity index (χ1n) is 7.77. The van der Waals surface area contributed by atoms with Crippen molar-refractivity contribution in [1.82, 2.24) is 0 Å². The SMILES string of the molecule is CCCc1cc(F)c(C2=C(F)CC(OC(=O)C(F)(F)F)CC2)c(F)c1. The monoisotopic (exact) mass is 366 g/mol. The van der Waals surface area contributed by atoms with Crippen LogP contribution in [0.5, 0.6) is 0 Å². The van der Waals surface area contributed by atoms with Crippen LogP contribution in [0, 0.1) is 11.6 Å². The van der Waals surface area contributed by atoms with E-state index in [0.29, 0.717) is 18.4 Å². The molecule has 0 saturated carbocycles. The van der Waals surface area contributed by atoms with E-state index in [1.165, 1.54) is 0 Å². The summed E-state index contributed by atoms with van der Waals surface area (Å²) < 4.78 is 83.3. The number of halogens is 6. The predicted molar refractivity (Wildman–Crippen MR) is 78.2 cm³/mol. The van der Waals surface area contributed by atoms with E-state index in [1.54, 1.807) is 0 Å². The second kappa shape index (κ2) is 7.49. The lowest BCUT2D eigenvalue weighted by molar-refractivity contribution is -0.205. The third-order valence-electron chi connectivity index (χ3n) is 3.90. The summed E-state index contributed by atoms with van der Waals surface area (Å²) in [5, 5.41) is 0. The van der Waals surface area contributed by atoms with Crippen LogP contribution in [0.25, 0.3) is 5.57 Å². The van der Waals surface area contributed by atoms with Gasteiger partial charge in [-0.1, -0.05) is 13.3 Å². The molecule has 8 heteroatoms. The molecule has 0 saturated heterocycles. The summed E-state index contributed by atoms with van der Waals surface area (Å²) in [6.07, 6.45) is -6.38. The van der Waals surface area contributed by atoms with Crippen molar-refractivity contribution in [2.45, 2.75) is 51.3 Å². The molecule has 0 bridgehead atoms. The first-order valence-corrected chi connectivity index (χ1v) is 7.77. The van der Waals surface area contributed by atoms with E-state index in [-0.39, 0.29) is 18.4 Å². The van der Waals surface area contributed by atoms with Crippen LogP contribution in [-0.4, -0.2) is 18.2 Å². The number of rotatable bonds is 4. The van der Waals surface area contributed by atoms with Crippen molar-refractivity contribution in [1.29, 1.82) is 0 Å². The standard InChI is InChI=1S/C17H16F6O2/c1-2-3-9-6-13(19)15(14(20)7-9)11-5-4-10(8-12(11)18)25-16(24)17(21,22)23/h6-7,10H,2-5,8H2,1H3. The van der Waals surface area contributed by atoms with Crippen molar-refractivity contribution in [2.75, 3.05) is 0 Å². The van der Waals surface area contributed by atoms with E-state index in [9.17, 15) is 31.1 Å². The molecule has 0 aromatic heterocycles. The average Bonchev–Trinajstić information content (AvgIpc) is 2.48. The van der Waals surface area contributed by atoms with Crippen LogP contribution >= 0.6 is 0 Å². The van der Waals surface area contributed by atoms with E-state index in [4.69, 9.17) is 0 Å². The molecule has 25 heavy (non-hydrogen) atoms. The quantitative estimate of drug-likeness (QED) is 0.537. The maximum atomic E-state index is 14.2. The third-order valence-corrected chi connectivity index (χ3v) is 3.90. The molecule has 0 aliphatic heterocycles. The lowest BCUT2D eigenvalue weighted by Gasteiger charge is -2.24. The van der Waals surface area contributed by atoms with Gasteiger partial charge in [0.25, 0.3) is 0 Å². The van der Waals surface area contributed by atoms with E-state index >= 15 is 0 Å². The largest absolute Gasteiger partial charge is 0.490 e. The Bertz CT molecular complexity index is 670. The molecule has 0 fully saturated rings. The highest BCUT2D eigenvalue weighted by Gasteiger charge is 2.43. The van der Waals surface area contributed by atoms with Crippen molar-refractivity contribution >= 4 is 11.5 Å². The molecule has 0 radical (unpaired) electrons. The van der Waals surface area contributed by atoms with Crippen LogP contribution in [0.3, 0.4) is 0 Å². The van der Waals surface area contributed by atoms with Gasteiger partial charge < -0.3 is 4.74 Å². The molecule has 0 heterocycles. The van der Waals surface area contributed by atoms with Gasteiger partial charge in [-0.3, -0.25) is 0 Å². The van der Waals surface area contributed by atoms with Crippen molar-refractivity contribution in [3.63, 3.8) is 0 Å². The van der Waals surface area contributed by atoms with Gasteiger partial charge in [-0.15, -0.1) is 0 Å². The van der Waals surface area contributed by atoms with E-state index in [2.05, 4.69) is 4.74 Å². The number of hydrogen-bond acceptors (Lipinski definition) is 2. The normalized spacial score (nSPS) is 18.4. The molecule has 1 aromatic carbocycles. The zero-order valence-corrected chi connectivity index (χ0v) is 13.4. The lowest BCUT2D eigenvalue weighted by Crippen LogP contribution is -2.31. The maximum Gasteiger partial charge on any atom is 0.490 e. The molecule has 1 unspecified atom stereocenters. The molecule has 0 N–H and O–H groups in total. The Kier molecular flexibility index (Phi) is 5.80. The van der Waals surface area contributed by atoms with E-state index in [0.717, 1.165) is 12.1 Å². The average molecular weight is 366 g/mol. The Balaban J connectivity index is 2.22. The zero-order chi connectivity index (χ0) is 18.8. The van der Waals surface area contributed by atoms with Gasteiger partial charge in [-0.25, -0.2) is 18.0 Å². The first kappa shape index (κ1) is 19.3. The lowest BCUT2D eigenvalue weighted by atomic mass is 9.89. The highest BCUT2D eigenvalue weighted by Crippen LogP contribution is 2.37. The zero-order valence-electron chi connectivity index (χ0n) is 13.4. The Labute approximate surface area is 140 Å². The van der Waals surface area contributed by atoms with Crippen LogP contribution < -0.4 is 0 Å². The molecule has 1 aromatic rings. The number of carbonyl (C=O) groups excluding carboxylic acids is 1. The fourth-order valence-electron chi connectivity index (χ4n) is 2.79. The molecule has 0 spiro atoms. The number of ether oxygens (including phenoxy) is 1. The number of alkyl halides is 3. The Hall–Kier alpha value is -1.99. The number of carbonyl (C=O) groups is 1. The number of esters is 1. The second-order valence-electron chi connectivity index (χ2n) is 5.84. The molecule has 1 aliphatic rings. The highest BCUT2D eigenvalue weighted by atomic mass is 19.4. The summed E-state index contributed by atoms with van der Waals surface area (Å²) in [4.78, 5) is 10.8. The minimum atomic E-state index is -5.17. The topological polar surface area (TPSA) is 26.3 Å². The van der Waals surface area contributed by atoms with Crippen LogP contribution in [0.2, 0.25) is 0 Å². The summed E-state index contributed by atoms with van der Waals surface area (Å²) in [6, 6.07) is 2.25. The van der Waals surface area contributed by atoms with Crippen molar-refractivity contribution in [2.24, 2.45) is 0 Å². The summed E-state index contributed by atoms with van der Waals surface area (Å²) in [5.74, 6) is -5.22. The minimum absolute atomic E-state index is 0.153. The summed E-state index contributed by atoms with van der Waals surface area (Å²) in [6.45, 7) is 1.84. The second-order valence-corrected chi connectivity index (χ2v) is 5.84. The molecule has 2 nitrogen and oxygen atoms in total. The van der Waals surface area contributed by atoms with Gasteiger partial charge in [0.15, 0.2) is 0 Å². The van der Waals surface area contributed by atoms with Crippen molar-refractivity contribution in [3.8, 4) is 0 Å². The molecule has 0 amide bonds. The third kappa shape index (κ3) is 4.55. The summed E-state index contributed by atoms with van der Waals surface area (Å²) in [5.41, 5.74) is -0.314. The van der Waals surface area contributed by atoms with Crippen LogP contribution in [-0.2, 0) is 16.0 Å². The number of hydrogen-bond donors (Lipinski definition) is 0. The Morgan fingerprint density at radius 3 is 2.28 bits per heavy atom. The maximum absolute atomic E-state index is 14.2. The number of allylic oxidation sites excluding steroid dienone is 1. The van der Waals surface area contributed by atoms with Gasteiger partial charge in [0.2, 0.25) is 0 Å². The Morgan fingerprint density at radius 1 is 1.20 bits per heavy atom. The summed E-state index contributed by atoms with van der Waals surface area (Å²) in [7, 11) is 0. The van der Waals surface area contributed by atoms with Gasteiger partial charge >= 0.3 is 12.1 Å². The highest BCUT2D eigenvalue weighted by molar-refractivity contribution is 5.76. The van der Waals surface area contributed by atoms with Gasteiger partial charge in [-0.05, 0) is 42.5 Å². The smallest absolute Gasteiger partial charge is 0.455 e. The van der Waals surface area contributed by atoms with Crippen LogP contribution in [0.15, 0.2) is 18.0 Å². The number of aryl methyl sites for hydroxylation is 1.